The molecule has 0 N–H and O–H groups in total. The first kappa shape index (κ1) is 23.3. The molecule has 4 aromatic rings. The fourth-order valence-electron chi connectivity index (χ4n) is 3.49. The Bertz CT molecular complexity index is 1500. The lowest BCUT2D eigenvalue weighted by molar-refractivity contribution is 0.623. The maximum atomic E-state index is 13.7. The van der Waals surface area contributed by atoms with Gasteiger partial charge in [0.1, 0.15) is 11.9 Å². The van der Waals surface area contributed by atoms with E-state index in [-0.39, 0.29) is 5.56 Å². The minimum Gasteiger partial charge on any atom is -0.206 e. The summed E-state index contributed by atoms with van der Waals surface area (Å²) in [5, 5.41) is 8.82. The Morgan fingerprint density at radius 3 is 1.57 bits per heavy atom. The molecule has 166 valence electrons. The fourth-order valence-corrected chi connectivity index (χ4v) is 3.49. The molecule has 0 saturated heterocycles. The van der Waals surface area contributed by atoms with Crippen LogP contribution in [0.5, 0.6) is 0 Å². The van der Waals surface area contributed by atoms with Crippen LogP contribution in [0.15, 0.2) is 104 Å². The zero-order chi connectivity index (χ0) is 24.5. The first-order valence-corrected chi connectivity index (χ1v) is 11.3. The zero-order valence-electron chi connectivity index (χ0n) is 19.2. The zero-order valence-corrected chi connectivity index (χ0v) is 19.2. The summed E-state index contributed by atoms with van der Waals surface area (Å²) in [7, 11) is 0. The summed E-state index contributed by atoms with van der Waals surface area (Å²) < 4.78 is 13.7. The minimum absolute atomic E-state index is 0.0190. The maximum absolute atomic E-state index is 13.7. The molecule has 0 heterocycles. The van der Waals surface area contributed by atoms with Gasteiger partial charge < -0.3 is 0 Å². The summed E-state index contributed by atoms with van der Waals surface area (Å²) in [5.74, 6) is 11.9. The van der Waals surface area contributed by atoms with Gasteiger partial charge >= 0.3 is 0 Å². The molecule has 0 aliphatic heterocycles. The molecule has 0 bridgehead atoms. The summed E-state index contributed by atoms with van der Waals surface area (Å²) in [4.78, 5) is 0. The smallest absolute Gasteiger partial charge is 0.142 e. The van der Waals surface area contributed by atoms with Crippen LogP contribution in [-0.4, -0.2) is 0 Å². The van der Waals surface area contributed by atoms with Gasteiger partial charge in [-0.2, -0.15) is 5.26 Å². The van der Waals surface area contributed by atoms with Gasteiger partial charge in [0.2, 0.25) is 0 Å². The normalized spacial score (nSPS) is 9.71. The number of aryl methyl sites for hydroxylation is 1. The number of nitriles is 1. The molecule has 0 aliphatic rings. The van der Waals surface area contributed by atoms with Crippen molar-refractivity contribution in [1.29, 1.82) is 5.26 Å². The van der Waals surface area contributed by atoms with E-state index in [2.05, 4.69) is 66.7 Å². The molecule has 0 radical (unpaired) electrons. The van der Waals surface area contributed by atoms with Gasteiger partial charge in [-0.15, -0.1) is 6.58 Å². The van der Waals surface area contributed by atoms with Crippen LogP contribution in [0.25, 0.3) is 11.1 Å². The summed E-state index contributed by atoms with van der Waals surface area (Å²) in [6.07, 6.45) is 3.92. The highest BCUT2D eigenvalue weighted by molar-refractivity contribution is 5.65. The Morgan fingerprint density at radius 1 is 0.657 bits per heavy atom. The first-order chi connectivity index (χ1) is 17.1. The van der Waals surface area contributed by atoms with Gasteiger partial charge in [-0.1, -0.05) is 66.2 Å². The average molecular weight is 452 g/mol. The second kappa shape index (κ2) is 11.3. The third kappa shape index (κ3) is 6.36. The Kier molecular flexibility index (Phi) is 7.56. The molecule has 0 aromatic heterocycles. The van der Waals surface area contributed by atoms with E-state index in [1.807, 2.05) is 48.5 Å². The van der Waals surface area contributed by atoms with Gasteiger partial charge in [0.25, 0.3) is 0 Å². The SMILES string of the molecule is C=CCCc1ccc(C#Cc2ccc(-c3ccc(C#Cc4ccc(C#N)c(F)c4)cc3)cc2)cc1. The highest BCUT2D eigenvalue weighted by atomic mass is 19.1. The highest BCUT2D eigenvalue weighted by Gasteiger charge is 2.01. The standard InChI is InChI=1S/C33H22FN/c1-2-3-4-25-5-7-26(8-6-25)9-10-27-13-18-30(19-14-27)31-20-15-28(16-21-31)11-12-29-17-22-32(24-35)33(34)23-29/h2,5-8,13-23H,1,3-4H2. The molecule has 0 amide bonds. The number of nitrogens with zero attached hydrogens (tertiary/aromatic N) is 1. The fraction of sp³-hybridized carbons (Fsp3) is 0.0606. The monoisotopic (exact) mass is 451 g/mol. The molecule has 0 spiro atoms. The van der Waals surface area contributed by atoms with Crippen molar-refractivity contribution in [3.05, 3.63) is 143 Å². The van der Waals surface area contributed by atoms with E-state index < -0.39 is 5.82 Å². The molecule has 0 aliphatic carbocycles. The third-order valence-electron chi connectivity index (χ3n) is 5.49. The third-order valence-corrected chi connectivity index (χ3v) is 5.49. The molecular formula is C33H22FN. The predicted molar refractivity (Wildman–Crippen MR) is 140 cm³/mol. The number of rotatable bonds is 4. The lowest BCUT2D eigenvalue weighted by Gasteiger charge is -2.02. The van der Waals surface area contributed by atoms with Crippen LogP contribution >= 0.6 is 0 Å². The van der Waals surface area contributed by atoms with E-state index in [0.717, 1.165) is 40.7 Å². The topological polar surface area (TPSA) is 23.8 Å². The van der Waals surface area contributed by atoms with Crippen molar-refractivity contribution in [3.8, 4) is 40.9 Å². The van der Waals surface area contributed by atoms with Crippen LogP contribution in [0.4, 0.5) is 4.39 Å². The summed E-state index contributed by atoms with van der Waals surface area (Å²) in [6, 6.07) is 30.6. The Hall–Kier alpha value is -4.84. The molecule has 2 heteroatoms. The van der Waals surface area contributed by atoms with Crippen molar-refractivity contribution < 1.29 is 4.39 Å². The number of hydrogen-bond donors (Lipinski definition) is 0. The predicted octanol–water partition coefficient (Wildman–Crippen LogP) is 7.28. The summed E-state index contributed by atoms with van der Waals surface area (Å²) in [5.41, 5.74) is 6.80. The van der Waals surface area contributed by atoms with Crippen LogP contribution in [0, 0.1) is 40.8 Å². The lowest BCUT2D eigenvalue weighted by Crippen LogP contribution is -1.85. The van der Waals surface area contributed by atoms with Crippen LogP contribution in [0.2, 0.25) is 0 Å². The van der Waals surface area contributed by atoms with Crippen LogP contribution in [0.1, 0.15) is 39.8 Å². The number of benzene rings is 4. The average Bonchev–Trinajstić information content (AvgIpc) is 2.91. The van der Waals surface area contributed by atoms with Gasteiger partial charge in [-0.3, -0.25) is 0 Å². The van der Waals surface area contributed by atoms with Gasteiger partial charge in [0, 0.05) is 22.3 Å². The largest absolute Gasteiger partial charge is 0.206 e. The first-order valence-electron chi connectivity index (χ1n) is 11.3. The Morgan fingerprint density at radius 2 is 1.11 bits per heavy atom. The van der Waals surface area contributed by atoms with Crippen LogP contribution < -0.4 is 0 Å². The number of hydrogen-bond acceptors (Lipinski definition) is 1. The molecule has 35 heavy (non-hydrogen) atoms. The van der Waals surface area contributed by atoms with Crippen molar-refractivity contribution in [3.63, 3.8) is 0 Å². The van der Waals surface area contributed by atoms with Gasteiger partial charge in [0.05, 0.1) is 5.56 Å². The van der Waals surface area contributed by atoms with Crippen LogP contribution in [-0.2, 0) is 6.42 Å². The molecular weight excluding hydrogens is 429 g/mol. The minimum atomic E-state index is -0.556. The summed E-state index contributed by atoms with van der Waals surface area (Å²) >= 11 is 0. The molecule has 4 aromatic carbocycles. The van der Waals surface area contributed by atoms with E-state index in [9.17, 15) is 4.39 Å². The van der Waals surface area contributed by atoms with Crippen molar-refractivity contribution >= 4 is 0 Å². The molecule has 0 fully saturated rings. The Balaban J connectivity index is 1.41. The molecule has 1 nitrogen and oxygen atoms in total. The van der Waals surface area contributed by atoms with E-state index in [0.29, 0.717) is 5.56 Å². The highest BCUT2D eigenvalue weighted by Crippen LogP contribution is 2.20. The van der Waals surface area contributed by atoms with E-state index in [1.165, 1.54) is 17.7 Å². The van der Waals surface area contributed by atoms with Crippen molar-refractivity contribution in [2.75, 3.05) is 0 Å². The van der Waals surface area contributed by atoms with Crippen LogP contribution in [0.3, 0.4) is 0 Å². The molecule has 4 rings (SSSR count). The summed E-state index contributed by atoms with van der Waals surface area (Å²) in [6.45, 7) is 3.76. The van der Waals surface area contributed by atoms with Gasteiger partial charge in [0.15, 0.2) is 0 Å². The molecule has 0 atom stereocenters. The molecule has 0 unspecified atom stereocenters. The van der Waals surface area contributed by atoms with Crippen molar-refractivity contribution in [2.45, 2.75) is 12.8 Å². The van der Waals surface area contributed by atoms with E-state index in [1.54, 1.807) is 6.07 Å². The van der Waals surface area contributed by atoms with Crippen molar-refractivity contribution in [2.24, 2.45) is 0 Å². The lowest BCUT2D eigenvalue weighted by atomic mass is 10.0. The van der Waals surface area contributed by atoms with E-state index >= 15 is 0 Å². The van der Waals surface area contributed by atoms with Crippen molar-refractivity contribution in [1.82, 2.24) is 0 Å². The molecule has 0 saturated carbocycles. The van der Waals surface area contributed by atoms with Gasteiger partial charge in [-0.25, -0.2) is 4.39 Å². The quantitative estimate of drug-likeness (QED) is 0.236. The maximum Gasteiger partial charge on any atom is 0.142 e. The second-order valence-corrected chi connectivity index (χ2v) is 7.99. The second-order valence-electron chi connectivity index (χ2n) is 7.99. The number of allylic oxidation sites excluding steroid dienone is 1. The van der Waals surface area contributed by atoms with E-state index in [4.69, 9.17) is 5.26 Å². The Labute approximate surface area is 206 Å². The van der Waals surface area contributed by atoms with Gasteiger partial charge in [-0.05, 0) is 84.1 Å². The number of halogens is 1.